The van der Waals surface area contributed by atoms with Crippen LogP contribution in [0, 0.1) is 0 Å². The standard InChI is InChI=1S/C9H11N4O3/c14-13(15,16)9-8(10-12-11-9)6-7-4-2-1-3-5-7/h1-5,14-16H,6H2,(H,10,11,12)/q+1. The highest BCUT2D eigenvalue weighted by atomic mass is 17.1. The van der Waals surface area contributed by atoms with Gasteiger partial charge in [-0.2, -0.15) is 10.3 Å². The van der Waals surface area contributed by atoms with Gasteiger partial charge in [-0.1, -0.05) is 35.4 Å². The minimum atomic E-state index is -2.32. The molecule has 0 atom stereocenters. The lowest BCUT2D eigenvalue weighted by molar-refractivity contribution is -0.455. The molecule has 0 saturated heterocycles. The third-order valence-corrected chi connectivity index (χ3v) is 2.10. The van der Waals surface area contributed by atoms with Crippen molar-refractivity contribution in [3.05, 3.63) is 41.6 Å². The first-order chi connectivity index (χ1) is 7.57. The Morgan fingerprint density at radius 2 is 1.75 bits per heavy atom. The smallest absolute Gasteiger partial charge is 0.192 e. The number of nitrogens with zero attached hydrogens (tertiary/aromatic N) is 3. The van der Waals surface area contributed by atoms with Crippen LogP contribution in [0.15, 0.2) is 30.3 Å². The molecule has 0 unspecified atom stereocenters. The maximum atomic E-state index is 8.96. The molecular formula is C9H11N4O3+. The minimum absolute atomic E-state index is 0.263. The zero-order valence-electron chi connectivity index (χ0n) is 8.28. The van der Waals surface area contributed by atoms with Crippen LogP contribution in [0.5, 0.6) is 0 Å². The Morgan fingerprint density at radius 3 is 2.38 bits per heavy atom. The Labute approximate surface area is 90.7 Å². The fourth-order valence-electron chi connectivity index (χ4n) is 1.40. The lowest BCUT2D eigenvalue weighted by Gasteiger charge is -2.07. The fourth-order valence-corrected chi connectivity index (χ4v) is 1.40. The molecule has 1 aromatic heterocycles. The molecule has 0 spiro atoms. The van der Waals surface area contributed by atoms with Gasteiger partial charge in [-0.15, -0.1) is 15.6 Å². The highest BCUT2D eigenvalue weighted by Crippen LogP contribution is 2.19. The number of rotatable bonds is 3. The van der Waals surface area contributed by atoms with Crippen LogP contribution in [-0.4, -0.2) is 31.0 Å². The van der Waals surface area contributed by atoms with E-state index in [1.54, 1.807) is 0 Å². The predicted octanol–water partition coefficient (Wildman–Crippen LogP) is 0.870. The summed E-state index contributed by atoms with van der Waals surface area (Å²) in [7, 11) is 0. The summed E-state index contributed by atoms with van der Waals surface area (Å²) in [6.07, 6.45) is 0.342. The second-order valence-electron chi connectivity index (χ2n) is 3.32. The molecule has 7 nitrogen and oxygen atoms in total. The van der Waals surface area contributed by atoms with Gasteiger partial charge < -0.3 is 0 Å². The highest BCUT2D eigenvalue weighted by Gasteiger charge is 2.32. The van der Waals surface area contributed by atoms with Gasteiger partial charge in [-0.25, -0.2) is 0 Å². The van der Waals surface area contributed by atoms with Gasteiger partial charge in [-0.05, 0) is 5.56 Å². The first-order valence-electron chi connectivity index (χ1n) is 4.59. The van der Waals surface area contributed by atoms with Crippen LogP contribution in [0.2, 0.25) is 0 Å². The molecule has 0 aliphatic carbocycles. The summed E-state index contributed by atoms with van der Waals surface area (Å²) in [5, 5.41) is 36.3. The van der Waals surface area contributed by atoms with E-state index < -0.39 is 4.97 Å². The SMILES string of the molecule is O[N+](O)(O)c1n[nH]nc1Cc1ccccc1. The molecule has 2 aromatic rings. The largest absolute Gasteiger partial charge is 0.372 e. The van der Waals surface area contributed by atoms with E-state index >= 15 is 0 Å². The van der Waals surface area contributed by atoms with Crippen molar-refractivity contribution in [3.63, 3.8) is 0 Å². The molecule has 0 radical (unpaired) electrons. The second-order valence-corrected chi connectivity index (χ2v) is 3.32. The van der Waals surface area contributed by atoms with E-state index in [1.165, 1.54) is 0 Å². The van der Waals surface area contributed by atoms with Crippen LogP contribution in [0.1, 0.15) is 11.3 Å². The first-order valence-corrected chi connectivity index (χ1v) is 4.59. The molecule has 2 rings (SSSR count). The molecule has 1 aromatic carbocycles. The fraction of sp³-hybridized carbons (Fsp3) is 0.111. The molecule has 7 heteroatoms. The maximum Gasteiger partial charge on any atom is 0.372 e. The molecule has 0 aliphatic heterocycles. The molecule has 0 amide bonds. The van der Waals surface area contributed by atoms with Crippen molar-refractivity contribution >= 4 is 5.82 Å². The summed E-state index contributed by atoms with van der Waals surface area (Å²) in [6.45, 7) is 0. The molecular weight excluding hydrogens is 212 g/mol. The third kappa shape index (κ3) is 2.23. The second kappa shape index (κ2) is 3.99. The van der Waals surface area contributed by atoms with Crippen LogP contribution >= 0.6 is 0 Å². The predicted molar refractivity (Wildman–Crippen MR) is 52.8 cm³/mol. The molecule has 0 fully saturated rings. The van der Waals surface area contributed by atoms with Crippen molar-refractivity contribution in [2.75, 3.05) is 0 Å². The zero-order chi connectivity index (χ0) is 11.6. The van der Waals surface area contributed by atoms with E-state index in [9.17, 15) is 0 Å². The van der Waals surface area contributed by atoms with Crippen molar-refractivity contribution in [2.24, 2.45) is 0 Å². The lowest BCUT2D eigenvalue weighted by Crippen LogP contribution is -2.39. The summed E-state index contributed by atoms with van der Waals surface area (Å²) in [5.74, 6) is -0.344. The Morgan fingerprint density at radius 1 is 1.06 bits per heavy atom. The van der Waals surface area contributed by atoms with Crippen molar-refractivity contribution < 1.29 is 15.6 Å². The topological polar surface area (TPSA) is 102 Å². The quantitative estimate of drug-likeness (QED) is 0.456. The number of nitrogens with one attached hydrogen (secondary N) is 1. The molecule has 4 N–H and O–H groups in total. The molecule has 1 heterocycles. The number of quaternary nitrogens is 1. The third-order valence-electron chi connectivity index (χ3n) is 2.10. The zero-order valence-corrected chi connectivity index (χ0v) is 8.28. The number of hydrogen-bond donors (Lipinski definition) is 4. The van der Waals surface area contributed by atoms with E-state index in [0.717, 1.165) is 5.56 Å². The molecule has 0 bridgehead atoms. The van der Waals surface area contributed by atoms with Gasteiger partial charge >= 0.3 is 5.82 Å². The van der Waals surface area contributed by atoms with Crippen LogP contribution in [0.3, 0.4) is 0 Å². The number of hydrogen-bond acceptors (Lipinski definition) is 5. The average Bonchev–Trinajstić information content (AvgIpc) is 2.67. The van der Waals surface area contributed by atoms with E-state index in [2.05, 4.69) is 15.4 Å². The Hall–Kier alpha value is -1.80. The highest BCUT2D eigenvalue weighted by molar-refractivity contribution is 5.35. The molecule has 0 aliphatic rings. The van der Waals surface area contributed by atoms with E-state index in [4.69, 9.17) is 15.6 Å². The Balaban J connectivity index is 2.26. The van der Waals surface area contributed by atoms with Crippen LogP contribution in [-0.2, 0) is 6.42 Å². The molecule has 16 heavy (non-hydrogen) atoms. The summed E-state index contributed by atoms with van der Waals surface area (Å²) >= 11 is 0. The number of H-pyrrole nitrogens is 1. The summed E-state index contributed by atoms with van der Waals surface area (Å²) in [4.78, 5) is -2.32. The van der Waals surface area contributed by atoms with Gasteiger partial charge in [0.2, 0.25) is 0 Å². The summed E-state index contributed by atoms with van der Waals surface area (Å²) < 4.78 is 0. The van der Waals surface area contributed by atoms with E-state index in [-0.39, 0.29) is 11.5 Å². The van der Waals surface area contributed by atoms with Crippen LogP contribution in [0.25, 0.3) is 0 Å². The molecule has 84 valence electrons. The van der Waals surface area contributed by atoms with Crippen molar-refractivity contribution in [1.29, 1.82) is 0 Å². The van der Waals surface area contributed by atoms with Gasteiger partial charge in [0, 0.05) is 6.42 Å². The number of aromatic amines is 1. The summed E-state index contributed by atoms with van der Waals surface area (Å²) in [5.41, 5.74) is 1.19. The van der Waals surface area contributed by atoms with Crippen LogP contribution in [0.4, 0.5) is 5.82 Å². The first kappa shape index (κ1) is 10.7. The van der Waals surface area contributed by atoms with E-state index in [1.807, 2.05) is 30.3 Å². The van der Waals surface area contributed by atoms with Crippen molar-refractivity contribution in [1.82, 2.24) is 20.4 Å². The maximum absolute atomic E-state index is 8.96. The van der Waals surface area contributed by atoms with Gasteiger partial charge in [-0.3, -0.25) is 0 Å². The molecule has 0 saturated carbocycles. The van der Waals surface area contributed by atoms with Crippen molar-refractivity contribution in [2.45, 2.75) is 6.42 Å². The normalized spacial score (nSPS) is 11.7. The van der Waals surface area contributed by atoms with Gasteiger partial charge in [0.15, 0.2) is 5.69 Å². The van der Waals surface area contributed by atoms with Crippen molar-refractivity contribution in [3.8, 4) is 0 Å². The summed E-state index contributed by atoms with van der Waals surface area (Å²) in [6, 6.07) is 9.30. The van der Waals surface area contributed by atoms with Gasteiger partial charge in [0.25, 0.3) is 0 Å². The number of benzene rings is 1. The number of aromatic nitrogens is 3. The van der Waals surface area contributed by atoms with Crippen LogP contribution < -0.4 is 4.97 Å². The lowest BCUT2D eigenvalue weighted by atomic mass is 10.1. The van der Waals surface area contributed by atoms with Gasteiger partial charge in [0.05, 0.1) is 0 Å². The van der Waals surface area contributed by atoms with Gasteiger partial charge in [0.1, 0.15) is 4.97 Å². The Kier molecular flexibility index (Phi) is 2.67. The average molecular weight is 223 g/mol. The minimum Gasteiger partial charge on any atom is -0.192 e. The monoisotopic (exact) mass is 223 g/mol. The Bertz CT molecular complexity index is 463. The van der Waals surface area contributed by atoms with E-state index in [0.29, 0.717) is 6.42 Å².